The molecule has 1 aliphatic heterocycles. The first-order valence-corrected chi connectivity index (χ1v) is 6.72. The second-order valence-corrected chi connectivity index (χ2v) is 5.13. The third kappa shape index (κ3) is 2.24. The highest BCUT2D eigenvalue weighted by Crippen LogP contribution is 2.35. The Balaban J connectivity index is 2.11. The number of hydrogen-bond acceptors (Lipinski definition) is 2. The van der Waals surface area contributed by atoms with Crippen LogP contribution in [-0.4, -0.2) is 13.7 Å². The van der Waals surface area contributed by atoms with E-state index in [1.54, 1.807) is 7.11 Å². The molecule has 3 rings (SSSR count). The Bertz CT molecular complexity index is 592. The van der Waals surface area contributed by atoms with E-state index >= 15 is 0 Å². The van der Waals surface area contributed by atoms with Gasteiger partial charge in [0.15, 0.2) is 0 Å². The van der Waals surface area contributed by atoms with Gasteiger partial charge in [-0.15, -0.1) is 0 Å². The van der Waals surface area contributed by atoms with Crippen LogP contribution in [0.1, 0.15) is 28.2 Å². The van der Waals surface area contributed by atoms with Gasteiger partial charge in [-0.3, -0.25) is 0 Å². The number of benzene rings is 2. The number of nitrogens with one attached hydrogen (secondary N) is 1. The molecular weight excluding hydrogens is 234 g/mol. The van der Waals surface area contributed by atoms with Crippen LogP contribution >= 0.6 is 0 Å². The number of ether oxygens (including phenoxy) is 1. The first-order chi connectivity index (χ1) is 9.29. The lowest BCUT2D eigenvalue weighted by Gasteiger charge is -2.28. The molecule has 1 atom stereocenters. The van der Waals surface area contributed by atoms with Crippen molar-refractivity contribution in [3.05, 3.63) is 64.7 Å². The van der Waals surface area contributed by atoms with Crippen molar-refractivity contribution in [2.45, 2.75) is 19.4 Å². The van der Waals surface area contributed by atoms with Crippen LogP contribution in [-0.2, 0) is 6.54 Å². The van der Waals surface area contributed by atoms with Gasteiger partial charge in [-0.05, 0) is 24.1 Å². The van der Waals surface area contributed by atoms with E-state index < -0.39 is 0 Å². The summed E-state index contributed by atoms with van der Waals surface area (Å²) in [7, 11) is 1.75. The van der Waals surface area contributed by atoms with Gasteiger partial charge >= 0.3 is 0 Å². The van der Waals surface area contributed by atoms with Gasteiger partial charge in [-0.1, -0.05) is 42.0 Å². The van der Waals surface area contributed by atoms with Crippen LogP contribution in [0.2, 0.25) is 0 Å². The molecule has 1 heterocycles. The third-order valence-electron chi connectivity index (χ3n) is 3.86. The SMILES string of the molecule is COc1ccc(C)cc1C1CNCc2ccccc21. The zero-order valence-electron chi connectivity index (χ0n) is 11.4. The quantitative estimate of drug-likeness (QED) is 0.887. The minimum absolute atomic E-state index is 0.375. The summed E-state index contributed by atoms with van der Waals surface area (Å²) in [5.74, 6) is 1.36. The molecule has 0 radical (unpaired) electrons. The highest BCUT2D eigenvalue weighted by atomic mass is 16.5. The number of fused-ring (bicyclic) bond motifs is 1. The predicted octanol–water partition coefficient (Wildman–Crippen LogP) is 3.24. The first kappa shape index (κ1) is 12.2. The molecule has 1 unspecified atom stereocenters. The monoisotopic (exact) mass is 253 g/mol. The fourth-order valence-corrected chi connectivity index (χ4v) is 2.90. The molecular formula is C17H19NO. The van der Waals surface area contributed by atoms with E-state index in [1.807, 2.05) is 0 Å². The van der Waals surface area contributed by atoms with Crippen molar-refractivity contribution in [2.75, 3.05) is 13.7 Å². The van der Waals surface area contributed by atoms with Crippen molar-refractivity contribution >= 4 is 0 Å². The lowest BCUT2D eigenvalue weighted by Crippen LogP contribution is -2.29. The zero-order valence-corrected chi connectivity index (χ0v) is 11.4. The third-order valence-corrected chi connectivity index (χ3v) is 3.86. The maximum Gasteiger partial charge on any atom is 0.122 e. The molecule has 0 saturated heterocycles. The van der Waals surface area contributed by atoms with E-state index in [0.29, 0.717) is 5.92 Å². The maximum absolute atomic E-state index is 5.54. The lowest BCUT2D eigenvalue weighted by atomic mass is 9.84. The van der Waals surface area contributed by atoms with E-state index in [9.17, 15) is 0 Å². The average molecular weight is 253 g/mol. The maximum atomic E-state index is 5.54. The van der Waals surface area contributed by atoms with Crippen molar-refractivity contribution < 1.29 is 4.74 Å². The second kappa shape index (κ2) is 5.06. The predicted molar refractivity (Wildman–Crippen MR) is 77.7 cm³/mol. The largest absolute Gasteiger partial charge is 0.496 e. The van der Waals surface area contributed by atoms with E-state index in [2.05, 4.69) is 54.7 Å². The Morgan fingerprint density at radius 1 is 1.11 bits per heavy atom. The van der Waals surface area contributed by atoms with Crippen LogP contribution in [0.15, 0.2) is 42.5 Å². The molecule has 0 fully saturated rings. The number of aryl methyl sites for hydroxylation is 1. The van der Waals surface area contributed by atoms with Gasteiger partial charge in [-0.25, -0.2) is 0 Å². The minimum Gasteiger partial charge on any atom is -0.496 e. The fraction of sp³-hybridized carbons (Fsp3) is 0.294. The molecule has 2 aromatic rings. The summed E-state index contributed by atoms with van der Waals surface area (Å²) >= 11 is 0. The molecule has 1 N–H and O–H groups in total. The van der Waals surface area contributed by atoms with Crippen molar-refractivity contribution in [1.29, 1.82) is 0 Å². The molecule has 1 aliphatic rings. The molecule has 0 saturated carbocycles. The Hall–Kier alpha value is -1.80. The summed E-state index contributed by atoms with van der Waals surface area (Å²) in [6.07, 6.45) is 0. The van der Waals surface area contributed by atoms with E-state index in [1.165, 1.54) is 22.3 Å². The van der Waals surface area contributed by atoms with Crippen LogP contribution in [0.3, 0.4) is 0 Å². The van der Waals surface area contributed by atoms with Gasteiger partial charge in [0.2, 0.25) is 0 Å². The summed E-state index contributed by atoms with van der Waals surface area (Å²) in [5.41, 5.74) is 5.37. The average Bonchev–Trinajstić information content (AvgIpc) is 2.46. The molecule has 2 nitrogen and oxygen atoms in total. The smallest absolute Gasteiger partial charge is 0.122 e. The standard InChI is InChI=1S/C17H19NO/c1-12-7-8-17(19-2)15(9-12)16-11-18-10-13-5-3-4-6-14(13)16/h3-9,16,18H,10-11H2,1-2H3. The van der Waals surface area contributed by atoms with E-state index in [-0.39, 0.29) is 0 Å². The van der Waals surface area contributed by atoms with Gasteiger partial charge in [0.05, 0.1) is 7.11 Å². The van der Waals surface area contributed by atoms with Crippen molar-refractivity contribution in [3.63, 3.8) is 0 Å². The first-order valence-electron chi connectivity index (χ1n) is 6.72. The van der Waals surface area contributed by atoms with Gasteiger partial charge in [0, 0.05) is 24.6 Å². The Morgan fingerprint density at radius 2 is 1.95 bits per heavy atom. The van der Waals surface area contributed by atoms with Crippen molar-refractivity contribution in [2.24, 2.45) is 0 Å². The molecule has 2 heteroatoms. The van der Waals surface area contributed by atoms with Gasteiger partial charge < -0.3 is 10.1 Å². The van der Waals surface area contributed by atoms with E-state index in [0.717, 1.165) is 18.8 Å². The molecule has 0 aromatic heterocycles. The van der Waals surface area contributed by atoms with Crippen LogP contribution in [0.4, 0.5) is 0 Å². The Morgan fingerprint density at radius 3 is 2.79 bits per heavy atom. The second-order valence-electron chi connectivity index (χ2n) is 5.13. The molecule has 2 aromatic carbocycles. The molecule has 0 aliphatic carbocycles. The van der Waals surface area contributed by atoms with Crippen LogP contribution < -0.4 is 10.1 Å². The molecule has 0 bridgehead atoms. The normalized spacial score (nSPS) is 17.9. The molecule has 0 amide bonds. The van der Waals surface area contributed by atoms with Crippen LogP contribution in [0.5, 0.6) is 5.75 Å². The topological polar surface area (TPSA) is 21.3 Å². The summed E-state index contributed by atoms with van der Waals surface area (Å²) in [6.45, 7) is 4.06. The number of methoxy groups -OCH3 is 1. The van der Waals surface area contributed by atoms with Crippen LogP contribution in [0, 0.1) is 6.92 Å². The zero-order chi connectivity index (χ0) is 13.2. The number of rotatable bonds is 2. The van der Waals surface area contributed by atoms with Gasteiger partial charge in [-0.2, -0.15) is 0 Å². The highest BCUT2D eigenvalue weighted by molar-refractivity contribution is 5.47. The summed E-state index contributed by atoms with van der Waals surface area (Å²) in [6, 6.07) is 15.1. The van der Waals surface area contributed by atoms with Crippen LogP contribution in [0.25, 0.3) is 0 Å². The highest BCUT2D eigenvalue weighted by Gasteiger charge is 2.23. The van der Waals surface area contributed by atoms with Crippen molar-refractivity contribution in [1.82, 2.24) is 5.32 Å². The van der Waals surface area contributed by atoms with Gasteiger partial charge in [0.1, 0.15) is 5.75 Å². The number of hydrogen-bond donors (Lipinski definition) is 1. The fourth-order valence-electron chi connectivity index (χ4n) is 2.90. The Labute approximate surface area is 114 Å². The summed E-state index contributed by atoms with van der Waals surface area (Å²) in [5, 5.41) is 3.50. The van der Waals surface area contributed by atoms with Gasteiger partial charge in [0.25, 0.3) is 0 Å². The molecule has 19 heavy (non-hydrogen) atoms. The lowest BCUT2D eigenvalue weighted by molar-refractivity contribution is 0.405. The Kier molecular flexibility index (Phi) is 3.26. The summed E-state index contributed by atoms with van der Waals surface area (Å²) in [4.78, 5) is 0. The molecule has 0 spiro atoms. The van der Waals surface area contributed by atoms with E-state index in [4.69, 9.17) is 4.74 Å². The summed E-state index contributed by atoms with van der Waals surface area (Å²) < 4.78 is 5.54. The minimum atomic E-state index is 0.375. The van der Waals surface area contributed by atoms with Crippen molar-refractivity contribution in [3.8, 4) is 5.75 Å². The molecule has 98 valence electrons.